The molecule has 0 aliphatic carbocycles. The molecule has 1 saturated heterocycles. The highest BCUT2D eigenvalue weighted by Crippen LogP contribution is 2.30. The van der Waals surface area contributed by atoms with Crippen LogP contribution >= 0.6 is 11.6 Å². The van der Waals surface area contributed by atoms with Gasteiger partial charge < -0.3 is 27.0 Å². The largest absolute Gasteiger partial charge is 0.416 e. The van der Waals surface area contributed by atoms with Crippen molar-refractivity contribution in [2.45, 2.75) is 25.1 Å². The van der Waals surface area contributed by atoms with Crippen molar-refractivity contribution in [3.05, 3.63) is 40.6 Å². The lowest BCUT2D eigenvalue weighted by atomic mass is 10.0. The van der Waals surface area contributed by atoms with Gasteiger partial charge in [-0.25, -0.2) is 0 Å². The van der Waals surface area contributed by atoms with Crippen LogP contribution in [0.25, 0.3) is 0 Å². The molecule has 0 spiro atoms. The van der Waals surface area contributed by atoms with Gasteiger partial charge in [0.25, 0.3) is 5.91 Å². The number of anilines is 1. The molecule has 1 heterocycles. The summed E-state index contributed by atoms with van der Waals surface area (Å²) < 4.78 is 38.3. The number of nitrogens with zero attached hydrogens (tertiary/aromatic N) is 2. The fourth-order valence-corrected chi connectivity index (χ4v) is 3.14. The number of piperidine rings is 1. The molecule has 2 amide bonds. The maximum Gasteiger partial charge on any atom is 0.416 e. The molecule has 12 heteroatoms. The molecular weight excluding hydrogens is 437 g/mol. The Balaban J connectivity index is 1.83. The summed E-state index contributed by atoms with van der Waals surface area (Å²) in [6, 6.07) is 4.44. The topological polar surface area (TPSA) is 126 Å². The van der Waals surface area contributed by atoms with Crippen LogP contribution in [0.15, 0.2) is 40.0 Å². The van der Waals surface area contributed by atoms with Gasteiger partial charge in [-0.15, -0.1) is 0 Å². The molecule has 0 radical (unpaired) electrons. The Hall–Kier alpha value is -2.95. The highest BCUT2D eigenvalue weighted by molar-refractivity contribution is 6.44. The standard InChI is InChI=1S/C19H24ClF3N6O2/c1-26-17(25)15(20)16(24)18(31)28-12-5-7-29(8-6-12)14(30)10-27-13-4-2-3-11(9-13)19(21,22)23/h2-4,9,12,27H,5-8,10,24H2,1H3,(H2,25,26)(H,28,31). The molecule has 6 N–H and O–H groups in total. The predicted molar refractivity (Wildman–Crippen MR) is 112 cm³/mol. The van der Waals surface area contributed by atoms with Gasteiger partial charge in [-0.05, 0) is 31.0 Å². The molecule has 31 heavy (non-hydrogen) atoms. The van der Waals surface area contributed by atoms with E-state index in [0.717, 1.165) is 12.1 Å². The Bertz CT molecular complexity index is 880. The number of amidine groups is 1. The van der Waals surface area contributed by atoms with E-state index in [9.17, 15) is 22.8 Å². The quantitative estimate of drug-likeness (QED) is 0.291. The van der Waals surface area contributed by atoms with E-state index < -0.39 is 17.6 Å². The van der Waals surface area contributed by atoms with Crippen molar-refractivity contribution in [1.29, 1.82) is 0 Å². The predicted octanol–water partition coefficient (Wildman–Crippen LogP) is 1.62. The molecule has 1 aliphatic rings. The lowest BCUT2D eigenvalue weighted by molar-refractivity contribution is -0.137. The van der Waals surface area contributed by atoms with E-state index in [0.29, 0.717) is 25.9 Å². The second-order valence-electron chi connectivity index (χ2n) is 6.90. The number of nitrogens with one attached hydrogen (secondary N) is 2. The van der Waals surface area contributed by atoms with Crippen molar-refractivity contribution in [3.63, 3.8) is 0 Å². The molecule has 1 aromatic rings. The third kappa shape index (κ3) is 6.78. The molecule has 1 aromatic carbocycles. The molecule has 2 rings (SSSR count). The molecule has 1 fully saturated rings. The number of likely N-dealkylation sites (tertiary alicyclic amines) is 1. The van der Waals surface area contributed by atoms with Crippen LogP contribution in [0.3, 0.4) is 0 Å². The van der Waals surface area contributed by atoms with E-state index in [4.69, 9.17) is 23.1 Å². The molecule has 0 atom stereocenters. The summed E-state index contributed by atoms with van der Waals surface area (Å²) in [6.45, 7) is 0.618. The van der Waals surface area contributed by atoms with Gasteiger partial charge in [0.05, 0.1) is 12.1 Å². The minimum absolute atomic E-state index is 0.0528. The van der Waals surface area contributed by atoms with E-state index in [2.05, 4.69) is 15.6 Å². The number of carbonyl (C=O) groups is 2. The Kier molecular flexibility index (Phi) is 8.14. The van der Waals surface area contributed by atoms with Gasteiger partial charge in [-0.2, -0.15) is 13.2 Å². The zero-order chi connectivity index (χ0) is 23.2. The molecule has 0 aromatic heterocycles. The van der Waals surface area contributed by atoms with Crippen molar-refractivity contribution in [3.8, 4) is 0 Å². The van der Waals surface area contributed by atoms with Gasteiger partial charge >= 0.3 is 6.18 Å². The second kappa shape index (κ2) is 10.4. The van der Waals surface area contributed by atoms with Crippen molar-refractivity contribution < 1.29 is 22.8 Å². The first kappa shape index (κ1) is 24.3. The lowest BCUT2D eigenvalue weighted by Gasteiger charge is -2.32. The van der Waals surface area contributed by atoms with Gasteiger partial charge in [0.15, 0.2) is 0 Å². The fourth-order valence-electron chi connectivity index (χ4n) is 2.97. The van der Waals surface area contributed by atoms with Crippen LogP contribution in [0.2, 0.25) is 0 Å². The van der Waals surface area contributed by atoms with E-state index in [1.807, 2.05) is 0 Å². The smallest absolute Gasteiger partial charge is 0.393 e. The van der Waals surface area contributed by atoms with Crippen LogP contribution in [0, 0.1) is 0 Å². The second-order valence-corrected chi connectivity index (χ2v) is 7.28. The summed E-state index contributed by atoms with van der Waals surface area (Å²) in [5.74, 6) is -0.882. The normalized spacial score (nSPS) is 16.5. The maximum absolute atomic E-state index is 12.8. The summed E-state index contributed by atoms with van der Waals surface area (Å²) >= 11 is 5.89. The molecule has 0 bridgehead atoms. The number of nitrogens with two attached hydrogens (primary N) is 2. The van der Waals surface area contributed by atoms with Crippen molar-refractivity contribution in [1.82, 2.24) is 10.2 Å². The van der Waals surface area contributed by atoms with Crippen molar-refractivity contribution >= 4 is 34.9 Å². The third-order valence-electron chi connectivity index (χ3n) is 4.76. The first-order chi connectivity index (χ1) is 14.5. The highest BCUT2D eigenvalue weighted by atomic mass is 35.5. The average molecular weight is 461 g/mol. The summed E-state index contributed by atoms with van der Waals surface area (Å²) in [5, 5.41) is 5.33. The van der Waals surface area contributed by atoms with E-state index >= 15 is 0 Å². The molecule has 0 saturated carbocycles. The highest BCUT2D eigenvalue weighted by Gasteiger charge is 2.30. The van der Waals surface area contributed by atoms with E-state index in [1.54, 1.807) is 4.90 Å². The monoisotopic (exact) mass is 460 g/mol. The van der Waals surface area contributed by atoms with Crippen molar-refractivity contribution in [2.75, 3.05) is 32.0 Å². The Morgan fingerprint density at radius 2 is 1.90 bits per heavy atom. The Labute approximate surface area is 182 Å². The summed E-state index contributed by atoms with van der Waals surface area (Å²) in [7, 11) is 1.41. The van der Waals surface area contributed by atoms with E-state index in [1.165, 1.54) is 19.2 Å². The molecule has 1 aliphatic heterocycles. The van der Waals surface area contributed by atoms with Crippen LogP contribution in [0.5, 0.6) is 0 Å². The Morgan fingerprint density at radius 1 is 1.26 bits per heavy atom. The summed E-state index contributed by atoms with van der Waals surface area (Å²) in [6.07, 6.45) is -3.47. The van der Waals surface area contributed by atoms with Crippen LogP contribution in [0.4, 0.5) is 18.9 Å². The number of hydrogen-bond acceptors (Lipinski definition) is 5. The van der Waals surface area contributed by atoms with Gasteiger partial charge in [0.1, 0.15) is 16.6 Å². The van der Waals surface area contributed by atoms with Gasteiger partial charge in [0, 0.05) is 31.9 Å². The maximum atomic E-state index is 12.8. The molecule has 170 valence electrons. The molecule has 0 unspecified atom stereocenters. The summed E-state index contributed by atoms with van der Waals surface area (Å²) in [4.78, 5) is 29.8. The fraction of sp³-hybridized carbons (Fsp3) is 0.421. The van der Waals surface area contributed by atoms with Gasteiger partial charge in [-0.1, -0.05) is 17.7 Å². The zero-order valence-electron chi connectivity index (χ0n) is 16.8. The van der Waals surface area contributed by atoms with Crippen LogP contribution in [0.1, 0.15) is 18.4 Å². The minimum Gasteiger partial charge on any atom is -0.393 e. The van der Waals surface area contributed by atoms with Gasteiger partial charge in [-0.3, -0.25) is 14.6 Å². The number of hydrogen-bond donors (Lipinski definition) is 4. The zero-order valence-corrected chi connectivity index (χ0v) is 17.6. The van der Waals surface area contributed by atoms with E-state index in [-0.39, 0.29) is 40.7 Å². The number of amides is 2. The molecular formula is C19H24ClF3N6O2. The number of halogens is 4. The van der Waals surface area contributed by atoms with Gasteiger partial charge in [0.2, 0.25) is 5.91 Å². The average Bonchev–Trinajstić information content (AvgIpc) is 2.75. The minimum atomic E-state index is -4.45. The first-order valence-electron chi connectivity index (χ1n) is 9.40. The number of aliphatic imine (C=N–C) groups is 1. The number of carbonyl (C=O) groups excluding carboxylic acids is 2. The number of rotatable bonds is 6. The Morgan fingerprint density at radius 3 is 2.48 bits per heavy atom. The van der Waals surface area contributed by atoms with Crippen molar-refractivity contribution in [2.24, 2.45) is 16.5 Å². The number of benzene rings is 1. The van der Waals surface area contributed by atoms with Crippen LogP contribution in [-0.4, -0.2) is 55.3 Å². The SMILES string of the molecule is CN=C(N)C(Cl)=C(N)C(=O)NC1CCN(C(=O)CNc2cccc(C(F)(F)F)c2)CC1. The molecule has 8 nitrogen and oxygen atoms in total. The first-order valence-corrected chi connectivity index (χ1v) is 9.78. The van der Waals surface area contributed by atoms with Crippen LogP contribution in [-0.2, 0) is 15.8 Å². The lowest BCUT2D eigenvalue weighted by Crippen LogP contribution is -2.48. The summed E-state index contributed by atoms with van der Waals surface area (Å²) in [5.41, 5.74) is 10.4. The number of alkyl halides is 3. The third-order valence-corrected chi connectivity index (χ3v) is 5.16. The van der Waals surface area contributed by atoms with Crippen LogP contribution < -0.4 is 22.1 Å².